The molecule has 5 heterocycles. The van der Waals surface area contributed by atoms with Gasteiger partial charge in [0.25, 0.3) is 5.56 Å². The van der Waals surface area contributed by atoms with Crippen molar-refractivity contribution in [3.63, 3.8) is 0 Å². The van der Waals surface area contributed by atoms with Gasteiger partial charge in [-0.1, -0.05) is 29.5 Å². The van der Waals surface area contributed by atoms with E-state index in [4.69, 9.17) is 15.8 Å². The SMILES string of the molecule is CNc1ncc(-c2nn([C@@H](C)c3nc4ccc(C)cn4c(=O)c3-c3cccc(F)c3)c3ncnc(N)c23)s1. The number of benzene rings is 1. The van der Waals surface area contributed by atoms with Crippen molar-refractivity contribution in [3.8, 4) is 21.7 Å². The maximum atomic E-state index is 14.3. The molecule has 3 N–H and O–H groups in total. The van der Waals surface area contributed by atoms with Gasteiger partial charge in [0.15, 0.2) is 10.8 Å². The minimum Gasteiger partial charge on any atom is -0.383 e. The van der Waals surface area contributed by atoms with Crippen LogP contribution in [0, 0.1) is 12.7 Å². The van der Waals surface area contributed by atoms with E-state index in [0.717, 1.165) is 15.6 Å². The van der Waals surface area contributed by atoms with Gasteiger partial charge in [-0.3, -0.25) is 9.20 Å². The van der Waals surface area contributed by atoms with Crippen LogP contribution in [-0.2, 0) is 0 Å². The van der Waals surface area contributed by atoms with Gasteiger partial charge in [0.05, 0.1) is 27.6 Å². The Morgan fingerprint density at radius 1 is 1.16 bits per heavy atom. The van der Waals surface area contributed by atoms with Crippen LogP contribution in [-0.4, -0.2) is 41.2 Å². The molecule has 0 unspecified atom stereocenters. The fraction of sp³-hybridized carbons (Fsp3) is 0.154. The van der Waals surface area contributed by atoms with Gasteiger partial charge in [-0.25, -0.2) is 29.0 Å². The number of nitrogen functional groups attached to an aromatic ring is 1. The molecule has 0 fully saturated rings. The Kier molecular flexibility index (Phi) is 5.60. The number of nitrogens with zero attached hydrogens (tertiary/aromatic N) is 7. The Morgan fingerprint density at radius 2 is 2.00 bits per heavy atom. The lowest BCUT2D eigenvalue weighted by atomic mass is 10.0. The highest BCUT2D eigenvalue weighted by molar-refractivity contribution is 7.18. The minimum atomic E-state index is -0.575. The molecule has 0 saturated carbocycles. The Balaban J connectivity index is 1.64. The van der Waals surface area contributed by atoms with Gasteiger partial charge >= 0.3 is 0 Å². The van der Waals surface area contributed by atoms with Crippen LogP contribution in [0.3, 0.4) is 0 Å². The van der Waals surface area contributed by atoms with Gasteiger partial charge in [0, 0.05) is 19.4 Å². The smallest absolute Gasteiger partial charge is 0.266 e. The van der Waals surface area contributed by atoms with Gasteiger partial charge in [-0.2, -0.15) is 5.10 Å². The van der Waals surface area contributed by atoms with Crippen LogP contribution in [0.5, 0.6) is 0 Å². The molecule has 0 spiro atoms. The number of anilines is 2. The van der Waals surface area contributed by atoms with E-state index < -0.39 is 11.9 Å². The molecular formula is C26H22FN9OS. The molecule has 0 amide bonds. The summed E-state index contributed by atoms with van der Waals surface area (Å²) in [7, 11) is 1.79. The van der Waals surface area contributed by atoms with Crippen LogP contribution in [0.15, 0.2) is 59.9 Å². The first-order chi connectivity index (χ1) is 18.4. The number of nitrogens with two attached hydrogens (primary N) is 1. The number of fused-ring (bicyclic) bond motifs is 2. The van der Waals surface area contributed by atoms with Crippen molar-refractivity contribution in [3.05, 3.63) is 82.5 Å². The first-order valence-electron chi connectivity index (χ1n) is 11.8. The molecular weight excluding hydrogens is 505 g/mol. The number of halogens is 1. The molecule has 190 valence electrons. The third kappa shape index (κ3) is 3.77. The summed E-state index contributed by atoms with van der Waals surface area (Å²) in [5, 5.41) is 9.20. The predicted molar refractivity (Wildman–Crippen MR) is 146 cm³/mol. The Bertz CT molecular complexity index is 1910. The standard InChI is InChI=1S/C26H22FN9OS/c1-13-7-8-18-33-21(19(25(37)35(18)11-13)15-5-4-6-16(27)9-15)14(2)36-24-20(23(28)31-12-32-24)22(34-36)17-10-30-26(29-3)38-17/h4-12,14H,1-3H3,(H,29,30)(H2,28,31,32)/t14-/m0/s1. The quantitative estimate of drug-likeness (QED) is 0.339. The van der Waals surface area contributed by atoms with E-state index in [1.807, 2.05) is 19.9 Å². The zero-order valence-electron chi connectivity index (χ0n) is 20.7. The summed E-state index contributed by atoms with van der Waals surface area (Å²) in [4.78, 5) is 32.5. The second-order valence-corrected chi connectivity index (χ2v) is 9.86. The maximum absolute atomic E-state index is 14.3. The Hall–Kier alpha value is -4.71. The third-order valence-electron chi connectivity index (χ3n) is 6.35. The van der Waals surface area contributed by atoms with Crippen LogP contribution in [0.4, 0.5) is 15.3 Å². The van der Waals surface area contributed by atoms with E-state index in [1.165, 1.54) is 34.2 Å². The largest absolute Gasteiger partial charge is 0.383 e. The number of hydrogen-bond acceptors (Lipinski definition) is 9. The van der Waals surface area contributed by atoms with Crippen molar-refractivity contribution in [2.45, 2.75) is 19.9 Å². The highest BCUT2D eigenvalue weighted by Gasteiger charge is 2.27. The molecule has 0 aliphatic rings. The van der Waals surface area contributed by atoms with Gasteiger partial charge in [0.1, 0.15) is 29.3 Å². The summed E-state index contributed by atoms with van der Waals surface area (Å²) in [6, 6.07) is 9.03. The summed E-state index contributed by atoms with van der Waals surface area (Å²) in [6.07, 6.45) is 4.80. The number of pyridine rings is 1. The normalized spacial score (nSPS) is 12.3. The molecule has 1 aromatic carbocycles. The van der Waals surface area contributed by atoms with Crippen LogP contribution >= 0.6 is 11.3 Å². The van der Waals surface area contributed by atoms with Crippen molar-refractivity contribution in [1.29, 1.82) is 0 Å². The number of thiazole rings is 1. The first kappa shape index (κ1) is 23.7. The molecule has 6 rings (SSSR count). The average Bonchev–Trinajstić information content (AvgIpc) is 3.54. The van der Waals surface area contributed by atoms with E-state index in [-0.39, 0.29) is 16.9 Å². The molecule has 12 heteroatoms. The van der Waals surface area contributed by atoms with Crippen LogP contribution in [0.2, 0.25) is 0 Å². The summed E-state index contributed by atoms with van der Waals surface area (Å²) < 4.78 is 17.5. The molecule has 0 aliphatic carbocycles. The van der Waals surface area contributed by atoms with Crippen LogP contribution in [0.1, 0.15) is 24.2 Å². The lowest BCUT2D eigenvalue weighted by Gasteiger charge is -2.18. The fourth-order valence-corrected chi connectivity index (χ4v) is 5.29. The molecule has 5 aromatic heterocycles. The van der Waals surface area contributed by atoms with E-state index in [2.05, 4.69) is 20.3 Å². The summed E-state index contributed by atoms with van der Waals surface area (Å²) in [5.74, 6) is -0.178. The van der Waals surface area contributed by atoms with E-state index in [0.29, 0.717) is 33.6 Å². The van der Waals surface area contributed by atoms with Gasteiger partial charge < -0.3 is 11.1 Å². The molecule has 6 aromatic rings. The highest BCUT2D eigenvalue weighted by atomic mass is 32.1. The van der Waals surface area contributed by atoms with Gasteiger partial charge in [-0.05, 0) is 43.2 Å². The van der Waals surface area contributed by atoms with Crippen LogP contribution < -0.4 is 16.6 Å². The topological polar surface area (TPSA) is 129 Å². The lowest BCUT2D eigenvalue weighted by Crippen LogP contribution is -2.23. The number of hydrogen-bond donors (Lipinski definition) is 2. The minimum absolute atomic E-state index is 0.273. The number of aryl methyl sites for hydroxylation is 1. The van der Waals surface area contributed by atoms with Crippen molar-refractivity contribution < 1.29 is 4.39 Å². The number of rotatable bonds is 5. The Morgan fingerprint density at radius 3 is 2.76 bits per heavy atom. The second kappa shape index (κ2) is 8.99. The monoisotopic (exact) mass is 527 g/mol. The number of nitrogens with one attached hydrogen (secondary N) is 1. The molecule has 1 atom stereocenters. The van der Waals surface area contributed by atoms with E-state index >= 15 is 0 Å². The third-order valence-corrected chi connectivity index (χ3v) is 7.37. The van der Waals surface area contributed by atoms with Crippen molar-refractivity contribution in [2.24, 2.45) is 0 Å². The Labute approximate surface area is 219 Å². The van der Waals surface area contributed by atoms with Crippen molar-refractivity contribution >= 4 is 39.0 Å². The fourth-order valence-electron chi connectivity index (χ4n) is 4.53. The van der Waals surface area contributed by atoms with E-state index in [9.17, 15) is 9.18 Å². The zero-order chi connectivity index (χ0) is 26.6. The zero-order valence-corrected chi connectivity index (χ0v) is 21.5. The van der Waals surface area contributed by atoms with Crippen LogP contribution in [0.25, 0.3) is 38.4 Å². The second-order valence-electron chi connectivity index (χ2n) is 8.83. The molecule has 0 bridgehead atoms. The summed E-state index contributed by atoms with van der Waals surface area (Å²) in [6.45, 7) is 3.76. The number of aromatic nitrogens is 7. The van der Waals surface area contributed by atoms with Crippen molar-refractivity contribution in [1.82, 2.24) is 34.1 Å². The molecule has 38 heavy (non-hydrogen) atoms. The van der Waals surface area contributed by atoms with E-state index in [1.54, 1.807) is 42.3 Å². The predicted octanol–water partition coefficient (Wildman–Crippen LogP) is 4.31. The summed E-state index contributed by atoms with van der Waals surface area (Å²) in [5.41, 5.74) is 9.53. The average molecular weight is 528 g/mol. The van der Waals surface area contributed by atoms with Crippen molar-refractivity contribution in [2.75, 3.05) is 18.1 Å². The highest BCUT2D eigenvalue weighted by Crippen LogP contribution is 2.37. The molecule has 0 radical (unpaired) electrons. The molecule has 0 saturated heterocycles. The summed E-state index contributed by atoms with van der Waals surface area (Å²) >= 11 is 1.42. The van der Waals surface area contributed by atoms with Gasteiger partial charge in [-0.15, -0.1) is 0 Å². The maximum Gasteiger partial charge on any atom is 0.266 e. The lowest BCUT2D eigenvalue weighted by molar-refractivity contribution is 0.567. The molecule has 10 nitrogen and oxygen atoms in total. The molecule has 0 aliphatic heterocycles. The van der Waals surface area contributed by atoms with Gasteiger partial charge in [0.2, 0.25) is 0 Å². The first-order valence-corrected chi connectivity index (χ1v) is 12.6.